The molecule has 1 aliphatic rings. The number of anilines is 1. The van der Waals surface area contributed by atoms with E-state index in [2.05, 4.69) is 5.32 Å². The lowest BCUT2D eigenvalue weighted by Gasteiger charge is -2.12. The van der Waals surface area contributed by atoms with Crippen molar-refractivity contribution in [2.75, 3.05) is 4.90 Å². The maximum atomic E-state index is 12.8. The molecule has 9 heteroatoms. The lowest BCUT2D eigenvalue weighted by Crippen LogP contribution is -2.30. The fourth-order valence-electron chi connectivity index (χ4n) is 3.09. The van der Waals surface area contributed by atoms with Crippen molar-refractivity contribution in [3.05, 3.63) is 97.6 Å². The molecule has 0 atom stereocenters. The minimum atomic E-state index is -0.569. The van der Waals surface area contributed by atoms with Crippen molar-refractivity contribution in [1.82, 2.24) is 5.32 Å². The van der Waals surface area contributed by atoms with Crippen LogP contribution in [0.1, 0.15) is 11.1 Å². The molecule has 3 amide bonds. The molecule has 0 aliphatic carbocycles. The van der Waals surface area contributed by atoms with Crippen LogP contribution in [0, 0.1) is 0 Å². The number of imide groups is 1. The molecule has 1 aliphatic heterocycles. The summed E-state index contributed by atoms with van der Waals surface area (Å²) in [6, 6.07) is 16.3. The number of benzene rings is 3. The second-order valence-corrected chi connectivity index (χ2v) is 8.46. The van der Waals surface area contributed by atoms with Crippen molar-refractivity contribution in [1.29, 1.82) is 0 Å². The van der Waals surface area contributed by atoms with Gasteiger partial charge in [0.2, 0.25) is 0 Å². The third-order valence-corrected chi connectivity index (χ3v) is 5.81. The van der Waals surface area contributed by atoms with Gasteiger partial charge in [0, 0.05) is 15.6 Å². The van der Waals surface area contributed by atoms with Crippen LogP contribution in [0.2, 0.25) is 20.1 Å². The molecule has 5 nitrogen and oxygen atoms in total. The van der Waals surface area contributed by atoms with Crippen molar-refractivity contribution < 1.29 is 14.3 Å². The number of carbonyl (C=O) groups is 2. The van der Waals surface area contributed by atoms with E-state index < -0.39 is 11.9 Å². The lowest BCUT2D eigenvalue weighted by molar-refractivity contribution is -0.113. The summed E-state index contributed by atoms with van der Waals surface area (Å²) >= 11 is 24.8. The van der Waals surface area contributed by atoms with Gasteiger partial charge in [-0.15, -0.1) is 0 Å². The van der Waals surface area contributed by atoms with E-state index in [1.807, 2.05) is 18.2 Å². The maximum absolute atomic E-state index is 12.8. The highest BCUT2D eigenvalue weighted by Crippen LogP contribution is 2.36. The van der Waals surface area contributed by atoms with Crippen LogP contribution < -0.4 is 15.0 Å². The molecule has 1 N–H and O–H groups in total. The highest BCUT2D eigenvalue weighted by atomic mass is 35.5. The van der Waals surface area contributed by atoms with Gasteiger partial charge in [-0.2, -0.15) is 0 Å². The van der Waals surface area contributed by atoms with Crippen LogP contribution in [0.4, 0.5) is 10.5 Å². The highest BCUT2D eigenvalue weighted by molar-refractivity contribution is 6.37. The molecule has 4 rings (SSSR count). The van der Waals surface area contributed by atoms with Gasteiger partial charge in [0.1, 0.15) is 12.3 Å². The number of nitrogens with one attached hydrogen (secondary N) is 1. The number of ether oxygens (including phenoxy) is 1. The number of carbonyl (C=O) groups excluding carboxylic acids is 2. The fourth-order valence-corrected chi connectivity index (χ4v) is 4.02. The minimum Gasteiger partial charge on any atom is -0.486 e. The van der Waals surface area contributed by atoms with Gasteiger partial charge in [-0.25, -0.2) is 9.69 Å². The van der Waals surface area contributed by atoms with E-state index in [4.69, 9.17) is 51.1 Å². The first-order valence-electron chi connectivity index (χ1n) is 9.31. The summed E-state index contributed by atoms with van der Waals surface area (Å²) < 4.78 is 5.76. The van der Waals surface area contributed by atoms with Gasteiger partial charge in [0.05, 0.1) is 15.7 Å². The summed E-state index contributed by atoms with van der Waals surface area (Å²) in [5.74, 6) is -0.219. The highest BCUT2D eigenvalue weighted by Gasteiger charge is 2.34. The SMILES string of the molecule is O=C1N/C(=C/c2cc(Cl)c(OCc3ccccc3Cl)c(Cl)c2)C(=O)N1c1ccc(Cl)cc1. The number of urea groups is 1. The van der Waals surface area contributed by atoms with Crippen molar-refractivity contribution in [2.24, 2.45) is 0 Å². The molecule has 0 aromatic heterocycles. The molecule has 0 unspecified atom stereocenters. The third kappa shape index (κ3) is 4.71. The summed E-state index contributed by atoms with van der Waals surface area (Å²) in [6.07, 6.45) is 1.49. The maximum Gasteiger partial charge on any atom is 0.333 e. The van der Waals surface area contributed by atoms with E-state index in [0.717, 1.165) is 10.5 Å². The fraction of sp³-hybridized carbons (Fsp3) is 0.0435. The number of halogens is 4. The van der Waals surface area contributed by atoms with Crippen LogP contribution in [0.3, 0.4) is 0 Å². The average molecular weight is 508 g/mol. The lowest BCUT2D eigenvalue weighted by atomic mass is 10.1. The predicted octanol–water partition coefficient (Wildman–Crippen LogP) is 6.98. The smallest absolute Gasteiger partial charge is 0.333 e. The van der Waals surface area contributed by atoms with Gasteiger partial charge in [0.25, 0.3) is 5.91 Å². The Labute approximate surface area is 204 Å². The number of hydrogen-bond donors (Lipinski definition) is 1. The molecule has 3 aromatic carbocycles. The second kappa shape index (κ2) is 9.43. The van der Waals surface area contributed by atoms with Gasteiger partial charge in [0.15, 0.2) is 5.75 Å². The molecule has 0 bridgehead atoms. The van der Waals surface area contributed by atoms with Crippen LogP contribution in [0.5, 0.6) is 5.75 Å². The molecule has 162 valence electrons. The number of rotatable bonds is 5. The van der Waals surface area contributed by atoms with E-state index in [9.17, 15) is 9.59 Å². The van der Waals surface area contributed by atoms with E-state index in [-0.39, 0.29) is 22.3 Å². The molecular weight excluding hydrogens is 494 g/mol. The Morgan fingerprint density at radius 1 is 0.875 bits per heavy atom. The van der Waals surface area contributed by atoms with E-state index in [1.165, 1.54) is 6.08 Å². The summed E-state index contributed by atoms with van der Waals surface area (Å²) in [5.41, 5.74) is 1.79. The minimum absolute atomic E-state index is 0.0850. The average Bonchev–Trinajstić information content (AvgIpc) is 3.02. The Hall–Kier alpha value is -2.70. The molecule has 0 spiro atoms. The predicted molar refractivity (Wildman–Crippen MR) is 128 cm³/mol. The van der Waals surface area contributed by atoms with Crippen LogP contribution in [0.15, 0.2) is 66.4 Å². The topological polar surface area (TPSA) is 58.6 Å². The van der Waals surface area contributed by atoms with Crippen molar-refractivity contribution in [2.45, 2.75) is 6.61 Å². The summed E-state index contributed by atoms with van der Waals surface area (Å²) in [5, 5.41) is 4.13. The Morgan fingerprint density at radius 2 is 1.53 bits per heavy atom. The van der Waals surface area contributed by atoms with E-state index >= 15 is 0 Å². The number of hydrogen-bond acceptors (Lipinski definition) is 3. The van der Waals surface area contributed by atoms with Crippen molar-refractivity contribution in [3.8, 4) is 5.75 Å². The zero-order chi connectivity index (χ0) is 22.8. The van der Waals surface area contributed by atoms with Gasteiger partial charge < -0.3 is 10.1 Å². The Kier molecular flexibility index (Phi) is 6.63. The largest absolute Gasteiger partial charge is 0.486 e. The second-order valence-electron chi connectivity index (χ2n) is 6.80. The molecule has 0 saturated carbocycles. The van der Waals surface area contributed by atoms with Gasteiger partial charge in [-0.3, -0.25) is 4.79 Å². The van der Waals surface area contributed by atoms with Crippen molar-refractivity contribution >= 4 is 70.1 Å². The Balaban J connectivity index is 1.55. The van der Waals surface area contributed by atoms with Gasteiger partial charge >= 0.3 is 6.03 Å². The monoisotopic (exact) mass is 506 g/mol. The first-order chi connectivity index (χ1) is 15.3. The summed E-state index contributed by atoms with van der Waals surface area (Å²) in [6.45, 7) is 0.185. The molecule has 0 radical (unpaired) electrons. The molecular formula is C23H14Cl4N2O3. The van der Waals surface area contributed by atoms with E-state index in [0.29, 0.717) is 27.0 Å². The van der Waals surface area contributed by atoms with Gasteiger partial charge in [-0.1, -0.05) is 64.6 Å². The van der Waals surface area contributed by atoms with Crippen LogP contribution in [-0.4, -0.2) is 11.9 Å². The molecule has 32 heavy (non-hydrogen) atoms. The standard InChI is InChI=1S/C23H14Cl4N2O3/c24-15-5-7-16(8-6-15)29-22(30)20(28-23(29)31)11-13-9-18(26)21(19(27)10-13)32-12-14-3-1-2-4-17(14)25/h1-11H,12H2,(H,28,31)/b20-11+. The number of amides is 3. The molecule has 1 saturated heterocycles. The van der Waals surface area contributed by atoms with E-state index in [1.54, 1.807) is 42.5 Å². The van der Waals surface area contributed by atoms with Gasteiger partial charge in [-0.05, 0) is 54.1 Å². The molecule has 1 fully saturated rings. The first-order valence-corrected chi connectivity index (χ1v) is 10.8. The molecule has 1 heterocycles. The zero-order valence-corrected chi connectivity index (χ0v) is 19.3. The Bertz CT molecular complexity index is 1220. The first kappa shape index (κ1) is 22.5. The third-order valence-electron chi connectivity index (χ3n) is 4.62. The number of nitrogens with zero attached hydrogens (tertiary/aromatic N) is 1. The van der Waals surface area contributed by atoms with Crippen LogP contribution in [0.25, 0.3) is 6.08 Å². The quantitative estimate of drug-likeness (QED) is 0.299. The van der Waals surface area contributed by atoms with Crippen LogP contribution in [-0.2, 0) is 11.4 Å². The summed E-state index contributed by atoms with van der Waals surface area (Å²) in [7, 11) is 0. The molecule has 3 aromatic rings. The zero-order valence-electron chi connectivity index (χ0n) is 16.2. The Morgan fingerprint density at radius 3 is 2.19 bits per heavy atom. The summed E-state index contributed by atoms with van der Waals surface area (Å²) in [4.78, 5) is 26.1. The van der Waals surface area contributed by atoms with Crippen LogP contribution >= 0.6 is 46.4 Å². The van der Waals surface area contributed by atoms with Crippen molar-refractivity contribution in [3.63, 3.8) is 0 Å². The normalized spacial score (nSPS) is 14.8.